The quantitative estimate of drug-likeness (QED) is 0.804. The Hall–Kier alpha value is -1.16. The maximum atomic E-state index is 5.08. The topological polar surface area (TPSA) is 47.0 Å². The number of piperidine rings is 1. The maximum absolute atomic E-state index is 5.08. The van der Waals surface area contributed by atoms with Crippen LogP contribution in [0.25, 0.3) is 0 Å². The van der Waals surface area contributed by atoms with Crippen LogP contribution in [0.5, 0.6) is 5.88 Å². The fourth-order valence-electron chi connectivity index (χ4n) is 1.99. The smallest absolute Gasteiger partial charge is 0.216 e. The highest BCUT2D eigenvalue weighted by Crippen LogP contribution is 2.16. The average Bonchev–Trinajstić information content (AvgIpc) is 2.31. The fraction of sp³-hybridized carbons (Fsp3) is 0.636. The molecule has 4 heteroatoms. The van der Waals surface area contributed by atoms with Gasteiger partial charge in [-0.05, 0) is 38.3 Å². The van der Waals surface area contributed by atoms with E-state index < -0.39 is 0 Å². The number of rotatable bonds is 3. The molecule has 1 aromatic rings. The summed E-state index contributed by atoms with van der Waals surface area (Å²) in [4.78, 5) is 8.26. The van der Waals surface area contributed by atoms with Gasteiger partial charge in [0, 0.05) is 11.8 Å². The average molecular weight is 207 g/mol. The number of aromatic nitrogens is 2. The first-order chi connectivity index (χ1) is 7.38. The van der Waals surface area contributed by atoms with Crippen molar-refractivity contribution in [1.82, 2.24) is 15.3 Å². The molecule has 0 radical (unpaired) electrons. The van der Waals surface area contributed by atoms with Crippen molar-refractivity contribution in [1.29, 1.82) is 0 Å². The van der Waals surface area contributed by atoms with Crippen LogP contribution in [0.2, 0.25) is 0 Å². The third kappa shape index (κ3) is 2.89. The van der Waals surface area contributed by atoms with Gasteiger partial charge in [-0.2, -0.15) is 0 Å². The second kappa shape index (κ2) is 5.07. The van der Waals surface area contributed by atoms with Crippen molar-refractivity contribution >= 4 is 0 Å². The normalized spacial score (nSPS) is 21.3. The summed E-state index contributed by atoms with van der Waals surface area (Å²) in [7, 11) is 1.63. The standard InChI is InChI=1S/C11H17N3O/c1-15-11-6-10(13-8-14-11)5-9-3-2-4-12-7-9/h6,8-9,12H,2-5,7H2,1H3. The first-order valence-corrected chi connectivity index (χ1v) is 5.44. The summed E-state index contributed by atoms with van der Waals surface area (Å²) in [6.07, 6.45) is 5.16. The van der Waals surface area contributed by atoms with Crippen LogP contribution in [-0.2, 0) is 6.42 Å². The molecular formula is C11H17N3O. The monoisotopic (exact) mass is 207 g/mol. The van der Waals surface area contributed by atoms with Crippen LogP contribution in [0.1, 0.15) is 18.5 Å². The highest BCUT2D eigenvalue weighted by atomic mass is 16.5. The first-order valence-electron chi connectivity index (χ1n) is 5.44. The molecular weight excluding hydrogens is 190 g/mol. The van der Waals surface area contributed by atoms with E-state index in [9.17, 15) is 0 Å². The van der Waals surface area contributed by atoms with Crippen LogP contribution in [-0.4, -0.2) is 30.2 Å². The summed E-state index contributed by atoms with van der Waals surface area (Å²) in [6.45, 7) is 2.26. The molecule has 1 aliphatic heterocycles. The Labute approximate surface area is 90.1 Å². The molecule has 1 saturated heterocycles. The molecule has 1 unspecified atom stereocenters. The first kappa shape index (κ1) is 10.4. The van der Waals surface area contributed by atoms with Crippen molar-refractivity contribution in [2.45, 2.75) is 19.3 Å². The number of ether oxygens (including phenoxy) is 1. The van der Waals surface area contributed by atoms with Crippen molar-refractivity contribution < 1.29 is 4.74 Å². The Morgan fingerprint density at radius 3 is 3.20 bits per heavy atom. The van der Waals surface area contributed by atoms with Gasteiger partial charge in [0.2, 0.25) is 5.88 Å². The molecule has 82 valence electrons. The van der Waals surface area contributed by atoms with Crippen molar-refractivity contribution in [3.05, 3.63) is 18.1 Å². The molecule has 1 aromatic heterocycles. The van der Waals surface area contributed by atoms with E-state index in [1.807, 2.05) is 6.07 Å². The van der Waals surface area contributed by atoms with Gasteiger partial charge < -0.3 is 10.1 Å². The number of methoxy groups -OCH3 is 1. The molecule has 1 fully saturated rings. The summed E-state index contributed by atoms with van der Waals surface area (Å²) in [5.74, 6) is 1.36. The van der Waals surface area contributed by atoms with Crippen LogP contribution >= 0.6 is 0 Å². The van der Waals surface area contributed by atoms with E-state index in [1.165, 1.54) is 12.8 Å². The fourth-order valence-corrected chi connectivity index (χ4v) is 1.99. The van der Waals surface area contributed by atoms with E-state index in [-0.39, 0.29) is 0 Å². The minimum atomic E-state index is 0.656. The van der Waals surface area contributed by atoms with Crippen LogP contribution in [0.3, 0.4) is 0 Å². The summed E-state index contributed by atoms with van der Waals surface area (Å²) < 4.78 is 5.08. The van der Waals surface area contributed by atoms with Gasteiger partial charge in [-0.3, -0.25) is 0 Å². The van der Waals surface area contributed by atoms with Crippen molar-refractivity contribution in [2.24, 2.45) is 5.92 Å². The van der Waals surface area contributed by atoms with Gasteiger partial charge >= 0.3 is 0 Å². The maximum Gasteiger partial charge on any atom is 0.216 e. The summed E-state index contributed by atoms with van der Waals surface area (Å²) >= 11 is 0. The molecule has 1 N–H and O–H groups in total. The number of nitrogens with one attached hydrogen (secondary N) is 1. The minimum absolute atomic E-state index is 0.656. The second-order valence-electron chi connectivity index (χ2n) is 3.97. The van der Waals surface area contributed by atoms with E-state index in [0.29, 0.717) is 11.8 Å². The zero-order chi connectivity index (χ0) is 10.5. The zero-order valence-electron chi connectivity index (χ0n) is 9.07. The van der Waals surface area contributed by atoms with Gasteiger partial charge in [-0.1, -0.05) is 0 Å². The molecule has 0 aromatic carbocycles. The SMILES string of the molecule is COc1cc(CC2CCCNC2)ncn1. The molecule has 2 rings (SSSR count). The molecule has 0 bridgehead atoms. The Morgan fingerprint density at radius 1 is 1.53 bits per heavy atom. The largest absolute Gasteiger partial charge is 0.481 e. The second-order valence-corrected chi connectivity index (χ2v) is 3.97. The van der Waals surface area contributed by atoms with E-state index in [4.69, 9.17) is 4.74 Å². The van der Waals surface area contributed by atoms with E-state index in [0.717, 1.165) is 25.2 Å². The molecule has 2 heterocycles. The van der Waals surface area contributed by atoms with E-state index in [2.05, 4.69) is 15.3 Å². The molecule has 0 amide bonds. The molecule has 1 atom stereocenters. The van der Waals surface area contributed by atoms with Gasteiger partial charge in [0.1, 0.15) is 6.33 Å². The van der Waals surface area contributed by atoms with Crippen molar-refractivity contribution in [2.75, 3.05) is 20.2 Å². The Morgan fingerprint density at radius 2 is 2.47 bits per heavy atom. The molecule has 1 aliphatic rings. The molecule has 4 nitrogen and oxygen atoms in total. The summed E-state index contributed by atoms with van der Waals surface area (Å²) in [6, 6.07) is 1.93. The third-order valence-electron chi connectivity index (χ3n) is 2.80. The van der Waals surface area contributed by atoms with Crippen LogP contribution in [0.4, 0.5) is 0 Å². The predicted octanol–water partition coefficient (Wildman–Crippen LogP) is 1.03. The lowest BCUT2D eigenvalue weighted by Crippen LogP contribution is -2.31. The lowest BCUT2D eigenvalue weighted by Gasteiger charge is -2.22. The summed E-state index contributed by atoms with van der Waals surface area (Å²) in [5, 5.41) is 3.41. The molecule has 0 aliphatic carbocycles. The van der Waals surface area contributed by atoms with Gasteiger partial charge in [0.15, 0.2) is 0 Å². The molecule has 0 spiro atoms. The summed E-state index contributed by atoms with van der Waals surface area (Å²) in [5.41, 5.74) is 1.08. The van der Waals surface area contributed by atoms with Crippen LogP contribution < -0.4 is 10.1 Å². The predicted molar refractivity (Wildman–Crippen MR) is 57.9 cm³/mol. The lowest BCUT2D eigenvalue weighted by molar-refractivity contribution is 0.369. The zero-order valence-corrected chi connectivity index (χ0v) is 9.07. The third-order valence-corrected chi connectivity index (χ3v) is 2.80. The van der Waals surface area contributed by atoms with Gasteiger partial charge in [-0.25, -0.2) is 9.97 Å². The molecule has 15 heavy (non-hydrogen) atoms. The van der Waals surface area contributed by atoms with Gasteiger partial charge in [0.25, 0.3) is 0 Å². The van der Waals surface area contributed by atoms with E-state index in [1.54, 1.807) is 13.4 Å². The minimum Gasteiger partial charge on any atom is -0.481 e. The van der Waals surface area contributed by atoms with Crippen molar-refractivity contribution in [3.8, 4) is 5.88 Å². The highest BCUT2D eigenvalue weighted by Gasteiger charge is 2.14. The Bertz CT molecular complexity index is 310. The number of hydrogen-bond donors (Lipinski definition) is 1. The molecule has 0 saturated carbocycles. The van der Waals surface area contributed by atoms with E-state index >= 15 is 0 Å². The van der Waals surface area contributed by atoms with Crippen LogP contribution in [0, 0.1) is 5.92 Å². The lowest BCUT2D eigenvalue weighted by atomic mass is 9.95. The van der Waals surface area contributed by atoms with Crippen LogP contribution in [0.15, 0.2) is 12.4 Å². The van der Waals surface area contributed by atoms with Gasteiger partial charge in [0.05, 0.1) is 7.11 Å². The highest BCUT2D eigenvalue weighted by molar-refractivity contribution is 5.13. The number of hydrogen-bond acceptors (Lipinski definition) is 4. The van der Waals surface area contributed by atoms with Crippen molar-refractivity contribution in [3.63, 3.8) is 0 Å². The van der Waals surface area contributed by atoms with Gasteiger partial charge in [-0.15, -0.1) is 0 Å². The number of nitrogens with zero attached hydrogens (tertiary/aromatic N) is 2. The Balaban J connectivity index is 1.96. The Kier molecular flexibility index (Phi) is 3.50.